The van der Waals surface area contributed by atoms with Crippen molar-refractivity contribution in [3.63, 3.8) is 0 Å². The lowest BCUT2D eigenvalue weighted by Crippen LogP contribution is -2.29. The molecule has 2 aromatic rings. The molecular formula is C14H14F3N2O6P. The Morgan fingerprint density at radius 2 is 1.77 bits per heavy atom. The van der Waals surface area contributed by atoms with Gasteiger partial charge in [-0.2, -0.15) is 13.2 Å². The van der Waals surface area contributed by atoms with Crippen LogP contribution in [0.15, 0.2) is 23.0 Å². The van der Waals surface area contributed by atoms with Gasteiger partial charge in [0.1, 0.15) is 10.9 Å². The van der Waals surface area contributed by atoms with Crippen LogP contribution in [0.1, 0.15) is 19.4 Å². The van der Waals surface area contributed by atoms with Gasteiger partial charge < -0.3 is 14.0 Å². The number of rotatable bonds is 6. The Kier molecular flexibility index (Phi) is 5.55. The second kappa shape index (κ2) is 7.18. The number of H-pyrrole nitrogens is 1. The van der Waals surface area contributed by atoms with Crippen molar-refractivity contribution < 1.29 is 31.7 Å². The highest BCUT2D eigenvalue weighted by Gasteiger charge is 2.39. The third-order valence-corrected chi connectivity index (χ3v) is 5.45. The van der Waals surface area contributed by atoms with Gasteiger partial charge in [-0.15, -0.1) is 0 Å². The van der Waals surface area contributed by atoms with E-state index in [4.69, 9.17) is 9.05 Å². The third kappa shape index (κ3) is 3.79. The third-order valence-electron chi connectivity index (χ3n) is 3.34. The number of benzene rings is 1. The number of halogens is 3. The normalized spacial score (nSPS) is 12.5. The zero-order chi connectivity index (χ0) is 19.7. The van der Waals surface area contributed by atoms with E-state index in [1.165, 1.54) is 13.8 Å². The molecule has 0 unspecified atom stereocenters. The summed E-state index contributed by atoms with van der Waals surface area (Å²) in [7, 11) is -4.03. The highest BCUT2D eigenvalue weighted by molar-refractivity contribution is 7.62. The Bertz CT molecular complexity index is 946. The molecule has 2 rings (SSSR count). The monoisotopic (exact) mass is 394 g/mol. The Balaban J connectivity index is 2.80. The molecule has 12 heteroatoms. The predicted octanol–water partition coefficient (Wildman–Crippen LogP) is 3.35. The molecular weight excluding hydrogens is 380 g/mol. The number of pyridine rings is 1. The molecule has 0 spiro atoms. The summed E-state index contributed by atoms with van der Waals surface area (Å²) in [5.41, 5.74) is -3.96. The van der Waals surface area contributed by atoms with Crippen molar-refractivity contribution in [2.75, 3.05) is 13.2 Å². The summed E-state index contributed by atoms with van der Waals surface area (Å²) in [5, 5.41) is 10.4. The van der Waals surface area contributed by atoms with Gasteiger partial charge in [-0.05, 0) is 26.0 Å². The quantitative estimate of drug-likeness (QED) is 0.457. The molecule has 0 aliphatic heterocycles. The van der Waals surface area contributed by atoms with E-state index in [0.29, 0.717) is 12.1 Å². The van der Waals surface area contributed by atoms with Gasteiger partial charge in [0.25, 0.3) is 11.2 Å². The number of nitrogens with one attached hydrogen (secondary N) is 1. The standard InChI is InChI=1S/C14H14F3N2O6P/c1-3-24-26(23,25-4-2)12-6-8-5-11(19(21)22)9(14(15,16)17)7-10(8)18-13(12)20/h5-7H,3-4H2,1-2H3,(H,18,20). The summed E-state index contributed by atoms with van der Waals surface area (Å²) in [5.74, 6) is 0. The molecule has 1 aromatic carbocycles. The highest BCUT2D eigenvalue weighted by atomic mass is 31.2. The van der Waals surface area contributed by atoms with E-state index in [1.54, 1.807) is 0 Å². The molecule has 0 saturated heterocycles. The van der Waals surface area contributed by atoms with Gasteiger partial charge in [0.05, 0.1) is 18.1 Å². The molecule has 1 heterocycles. The van der Waals surface area contributed by atoms with E-state index in [1.807, 2.05) is 0 Å². The van der Waals surface area contributed by atoms with Gasteiger partial charge in [0, 0.05) is 17.0 Å². The SMILES string of the molecule is CCOP(=O)(OCC)c1cc2cc([N+](=O)[O-])c(C(F)(F)F)cc2[nH]c1=O. The molecule has 26 heavy (non-hydrogen) atoms. The van der Waals surface area contributed by atoms with Crippen molar-refractivity contribution in [1.29, 1.82) is 0 Å². The van der Waals surface area contributed by atoms with E-state index >= 15 is 0 Å². The number of fused-ring (bicyclic) bond motifs is 1. The average Bonchev–Trinajstić information content (AvgIpc) is 2.52. The molecule has 8 nitrogen and oxygen atoms in total. The minimum Gasteiger partial charge on any atom is -0.321 e. The topological polar surface area (TPSA) is 112 Å². The molecule has 0 aliphatic rings. The van der Waals surface area contributed by atoms with Gasteiger partial charge >= 0.3 is 13.8 Å². The molecule has 0 amide bonds. The Hall–Kier alpha value is -2.23. The van der Waals surface area contributed by atoms with E-state index < -0.39 is 40.8 Å². The number of aromatic amines is 1. The minimum absolute atomic E-state index is 0.0537. The van der Waals surface area contributed by atoms with Crippen LogP contribution in [0.25, 0.3) is 10.9 Å². The fourth-order valence-corrected chi connectivity index (χ4v) is 3.96. The Morgan fingerprint density at radius 3 is 2.23 bits per heavy atom. The smallest absolute Gasteiger partial charge is 0.321 e. The van der Waals surface area contributed by atoms with Crippen LogP contribution in [0.5, 0.6) is 0 Å². The van der Waals surface area contributed by atoms with Crippen LogP contribution in [0, 0.1) is 10.1 Å². The lowest BCUT2D eigenvalue weighted by molar-refractivity contribution is -0.387. The Morgan fingerprint density at radius 1 is 1.19 bits per heavy atom. The molecule has 0 fully saturated rings. The first-order valence-electron chi connectivity index (χ1n) is 7.35. The van der Waals surface area contributed by atoms with E-state index in [2.05, 4.69) is 4.98 Å². The van der Waals surface area contributed by atoms with Gasteiger partial charge in [0.15, 0.2) is 0 Å². The fourth-order valence-electron chi connectivity index (χ4n) is 2.33. The number of nitro benzene ring substituents is 1. The second-order valence-electron chi connectivity index (χ2n) is 5.03. The number of hydrogen-bond donors (Lipinski definition) is 1. The summed E-state index contributed by atoms with van der Waals surface area (Å²) in [4.78, 5) is 24.2. The van der Waals surface area contributed by atoms with E-state index in [0.717, 1.165) is 6.07 Å². The van der Waals surface area contributed by atoms with Crippen molar-refractivity contribution in [1.82, 2.24) is 4.98 Å². The molecule has 1 aromatic heterocycles. The maximum Gasteiger partial charge on any atom is 0.423 e. The van der Waals surface area contributed by atoms with Crippen molar-refractivity contribution in [3.05, 3.63) is 44.2 Å². The number of nitro groups is 1. The van der Waals surface area contributed by atoms with Crippen molar-refractivity contribution in [3.8, 4) is 0 Å². The molecule has 142 valence electrons. The number of aromatic nitrogens is 1. The van der Waals surface area contributed by atoms with Gasteiger partial charge in [-0.3, -0.25) is 19.5 Å². The van der Waals surface area contributed by atoms with Gasteiger partial charge in [-0.25, -0.2) is 0 Å². The summed E-state index contributed by atoms with van der Waals surface area (Å²) in [6.07, 6.45) is -4.99. The summed E-state index contributed by atoms with van der Waals surface area (Å²) in [6, 6.07) is 2.10. The molecule has 0 aliphatic carbocycles. The van der Waals surface area contributed by atoms with Crippen LogP contribution in [0.4, 0.5) is 18.9 Å². The van der Waals surface area contributed by atoms with Gasteiger partial charge in [0.2, 0.25) is 0 Å². The maximum atomic E-state index is 13.0. The zero-order valence-corrected chi connectivity index (χ0v) is 14.5. The van der Waals surface area contributed by atoms with E-state index in [-0.39, 0.29) is 24.1 Å². The first kappa shape index (κ1) is 20.1. The first-order valence-corrected chi connectivity index (χ1v) is 8.90. The largest absolute Gasteiger partial charge is 0.423 e. The second-order valence-corrected chi connectivity index (χ2v) is 7.02. The number of nitrogens with zero attached hydrogens (tertiary/aromatic N) is 1. The van der Waals surface area contributed by atoms with Crippen LogP contribution < -0.4 is 10.9 Å². The molecule has 1 N–H and O–H groups in total. The number of alkyl halides is 3. The fraction of sp³-hybridized carbons (Fsp3) is 0.357. The lowest BCUT2D eigenvalue weighted by atomic mass is 10.1. The Labute approximate surface area is 144 Å². The van der Waals surface area contributed by atoms with Crippen LogP contribution >= 0.6 is 7.60 Å². The summed E-state index contributed by atoms with van der Waals surface area (Å²) < 4.78 is 61.9. The maximum absolute atomic E-state index is 13.0. The van der Waals surface area contributed by atoms with Crippen molar-refractivity contribution in [2.24, 2.45) is 0 Å². The van der Waals surface area contributed by atoms with Crippen LogP contribution in [0.3, 0.4) is 0 Å². The molecule has 0 saturated carbocycles. The molecule has 0 radical (unpaired) electrons. The summed E-state index contributed by atoms with van der Waals surface area (Å²) in [6.45, 7) is 2.92. The molecule has 0 bridgehead atoms. The number of hydrogen-bond acceptors (Lipinski definition) is 6. The van der Waals surface area contributed by atoms with Crippen molar-refractivity contribution in [2.45, 2.75) is 20.0 Å². The van der Waals surface area contributed by atoms with Crippen LogP contribution in [0.2, 0.25) is 0 Å². The zero-order valence-electron chi connectivity index (χ0n) is 13.6. The average molecular weight is 394 g/mol. The molecule has 0 atom stereocenters. The van der Waals surface area contributed by atoms with Crippen LogP contribution in [-0.2, 0) is 19.8 Å². The summed E-state index contributed by atoms with van der Waals surface area (Å²) >= 11 is 0. The van der Waals surface area contributed by atoms with Crippen molar-refractivity contribution >= 4 is 29.5 Å². The minimum atomic E-state index is -4.99. The predicted molar refractivity (Wildman–Crippen MR) is 86.7 cm³/mol. The lowest BCUT2D eigenvalue weighted by Gasteiger charge is -2.17. The van der Waals surface area contributed by atoms with Gasteiger partial charge in [-0.1, -0.05) is 0 Å². The highest BCUT2D eigenvalue weighted by Crippen LogP contribution is 2.46. The first-order chi connectivity index (χ1) is 12.0. The van der Waals surface area contributed by atoms with E-state index in [9.17, 15) is 32.6 Å². The van der Waals surface area contributed by atoms with Crippen LogP contribution in [-0.4, -0.2) is 23.1 Å².